The van der Waals surface area contributed by atoms with E-state index in [9.17, 15) is 9.18 Å². The van der Waals surface area contributed by atoms with E-state index < -0.39 is 0 Å². The van der Waals surface area contributed by atoms with Crippen LogP contribution in [0.1, 0.15) is 0 Å². The molecule has 1 fully saturated rings. The van der Waals surface area contributed by atoms with E-state index in [1.165, 1.54) is 12.1 Å². The van der Waals surface area contributed by atoms with E-state index in [1.807, 2.05) is 24.3 Å². The van der Waals surface area contributed by atoms with E-state index in [2.05, 4.69) is 10.2 Å². The molecule has 0 radical (unpaired) electrons. The van der Waals surface area contributed by atoms with E-state index in [1.54, 1.807) is 24.1 Å². The Labute approximate surface area is 158 Å². The summed E-state index contributed by atoms with van der Waals surface area (Å²) in [5, 5.41) is 2.92. The van der Waals surface area contributed by atoms with Gasteiger partial charge in [-0.25, -0.2) is 9.18 Å². The zero-order chi connectivity index (χ0) is 19.1. The fraction of sp³-hybridized carbons (Fsp3) is 0.350. The number of nitrogens with one attached hydrogen (secondary N) is 1. The van der Waals surface area contributed by atoms with Crippen molar-refractivity contribution in [2.24, 2.45) is 0 Å². The Kier molecular flexibility index (Phi) is 6.49. The predicted octanol–water partition coefficient (Wildman–Crippen LogP) is 3.21. The van der Waals surface area contributed by atoms with Gasteiger partial charge in [-0.15, -0.1) is 0 Å². The molecule has 0 unspecified atom stereocenters. The van der Waals surface area contributed by atoms with Crippen molar-refractivity contribution in [2.75, 3.05) is 56.7 Å². The number of amides is 2. The second kappa shape index (κ2) is 9.23. The highest BCUT2D eigenvalue weighted by Gasteiger charge is 2.22. The molecule has 1 N–H and O–H groups in total. The molecular weight excluding hydrogens is 349 g/mol. The molecule has 0 aliphatic carbocycles. The van der Waals surface area contributed by atoms with Crippen molar-refractivity contribution in [3.63, 3.8) is 0 Å². The molecule has 7 heteroatoms. The van der Waals surface area contributed by atoms with Crippen molar-refractivity contribution < 1.29 is 18.7 Å². The average molecular weight is 373 g/mol. The van der Waals surface area contributed by atoms with E-state index in [0.717, 1.165) is 5.69 Å². The highest BCUT2D eigenvalue weighted by Crippen LogP contribution is 2.24. The Morgan fingerprint density at radius 1 is 1.04 bits per heavy atom. The number of hydrogen-bond acceptors (Lipinski definition) is 4. The third-order valence-corrected chi connectivity index (χ3v) is 4.43. The lowest BCUT2D eigenvalue weighted by Gasteiger charge is -2.36. The van der Waals surface area contributed by atoms with Crippen molar-refractivity contribution in [3.8, 4) is 5.75 Å². The number of ether oxygens (including phenoxy) is 2. The number of nitrogens with zero attached hydrogens (tertiary/aromatic N) is 2. The number of urea groups is 1. The summed E-state index contributed by atoms with van der Waals surface area (Å²) in [7, 11) is 1.61. The number of anilines is 2. The number of hydrogen-bond donors (Lipinski definition) is 1. The quantitative estimate of drug-likeness (QED) is 0.790. The van der Waals surface area contributed by atoms with E-state index in [-0.39, 0.29) is 11.8 Å². The van der Waals surface area contributed by atoms with Gasteiger partial charge in [0.05, 0.1) is 12.3 Å². The number of rotatable bonds is 6. The van der Waals surface area contributed by atoms with Gasteiger partial charge in [0.15, 0.2) is 0 Å². The predicted molar refractivity (Wildman–Crippen MR) is 103 cm³/mol. The standard InChI is InChI=1S/C20H24FN3O3/c1-26-14-15-27-19-5-3-2-4-18(19)22-20(25)24-12-10-23(11-13-24)17-8-6-16(21)7-9-17/h2-9H,10-15H2,1H3,(H,22,25). The minimum absolute atomic E-state index is 0.156. The van der Waals surface area contributed by atoms with Gasteiger partial charge in [0.25, 0.3) is 0 Å². The second-order valence-electron chi connectivity index (χ2n) is 6.22. The van der Waals surface area contributed by atoms with Gasteiger partial charge in [-0.3, -0.25) is 0 Å². The van der Waals surface area contributed by atoms with Crippen LogP contribution in [0.4, 0.5) is 20.6 Å². The SMILES string of the molecule is COCCOc1ccccc1NC(=O)N1CCN(c2ccc(F)cc2)CC1. The molecule has 0 bridgehead atoms. The largest absolute Gasteiger partial charge is 0.489 e. The summed E-state index contributed by atoms with van der Waals surface area (Å²) in [4.78, 5) is 16.5. The number of methoxy groups -OCH3 is 1. The van der Waals surface area contributed by atoms with Gasteiger partial charge >= 0.3 is 6.03 Å². The van der Waals surface area contributed by atoms with Crippen LogP contribution in [0, 0.1) is 5.82 Å². The summed E-state index contributed by atoms with van der Waals surface area (Å²) in [5.74, 6) is 0.371. The van der Waals surface area contributed by atoms with Crippen LogP contribution >= 0.6 is 0 Å². The van der Waals surface area contributed by atoms with Crippen LogP contribution < -0.4 is 15.0 Å². The molecule has 2 amide bonds. The van der Waals surface area contributed by atoms with Gasteiger partial charge in [0.2, 0.25) is 0 Å². The number of piperazine rings is 1. The number of carbonyl (C=O) groups excluding carboxylic acids is 1. The lowest BCUT2D eigenvalue weighted by molar-refractivity contribution is 0.146. The van der Waals surface area contributed by atoms with Crippen molar-refractivity contribution in [1.29, 1.82) is 0 Å². The first kappa shape index (κ1) is 19.0. The maximum atomic E-state index is 13.1. The summed E-state index contributed by atoms with van der Waals surface area (Å²) < 4.78 is 23.7. The highest BCUT2D eigenvalue weighted by atomic mass is 19.1. The molecule has 2 aromatic carbocycles. The van der Waals surface area contributed by atoms with Crippen molar-refractivity contribution in [3.05, 3.63) is 54.3 Å². The normalized spacial score (nSPS) is 14.1. The highest BCUT2D eigenvalue weighted by molar-refractivity contribution is 5.91. The molecule has 1 aliphatic rings. The molecule has 2 aromatic rings. The molecule has 144 valence electrons. The van der Waals surface area contributed by atoms with Crippen LogP contribution in [0.2, 0.25) is 0 Å². The number of para-hydroxylation sites is 2. The Morgan fingerprint density at radius 2 is 1.74 bits per heavy atom. The van der Waals surface area contributed by atoms with E-state index >= 15 is 0 Å². The molecule has 27 heavy (non-hydrogen) atoms. The molecule has 0 aromatic heterocycles. The first-order chi connectivity index (χ1) is 13.2. The third-order valence-electron chi connectivity index (χ3n) is 4.43. The lowest BCUT2D eigenvalue weighted by Crippen LogP contribution is -2.50. The molecule has 3 rings (SSSR count). The molecule has 0 atom stereocenters. The maximum Gasteiger partial charge on any atom is 0.322 e. The Hall–Kier alpha value is -2.80. The van der Waals surface area contributed by atoms with Crippen LogP contribution in [0.5, 0.6) is 5.75 Å². The first-order valence-corrected chi connectivity index (χ1v) is 8.94. The van der Waals surface area contributed by atoms with E-state index in [4.69, 9.17) is 9.47 Å². The fourth-order valence-corrected chi connectivity index (χ4v) is 2.94. The maximum absolute atomic E-state index is 13.1. The van der Waals surface area contributed by atoms with Crippen molar-refractivity contribution >= 4 is 17.4 Å². The van der Waals surface area contributed by atoms with Crippen LogP contribution in [-0.2, 0) is 4.74 Å². The molecule has 1 saturated heterocycles. The topological polar surface area (TPSA) is 54.0 Å². The smallest absolute Gasteiger partial charge is 0.322 e. The third kappa shape index (κ3) is 5.10. The molecular formula is C20H24FN3O3. The minimum atomic E-state index is -0.247. The molecule has 1 aliphatic heterocycles. The second-order valence-corrected chi connectivity index (χ2v) is 6.22. The lowest BCUT2D eigenvalue weighted by atomic mass is 10.2. The summed E-state index contributed by atoms with van der Waals surface area (Å²) >= 11 is 0. The van der Waals surface area contributed by atoms with Crippen LogP contribution in [0.3, 0.4) is 0 Å². The summed E-state index contributed by atoms with van der Waals surface area (Å²) in [6.07, 6.45) is 0. The van der Waals surface area contributed by atoms with Crippen molar-refractivity contribution in [1.82, 2.24) is 4.90 Å². The first-order valence-electron chi connectivity index (χ1n) is 8.94. The van der Waals surface area contributed by atoms with Crippen LogP contribution in [0.25, 0.3) is 0 Å². The molecule has 6 nitrogen and oxygen atoms in total. The average Bonchev–Trinajstić information content (AvgIpc) is 2.70. The van der Waals surface area contributed by atoms with Crippen LogP contribution in [-0.4, -0.2) is 57.4 Å². The Balaban J connectivity index is 1.55. The monoisotopic (exact) mass is 373 g/mol. The number of carbonyl (C=O) groups is 1. The van der Waals surface area contributed by atoms with Gasteiger partial charge < -0.3 is 24.6 Å². The molecule has 0 spiro atoms. The van der Waals surface area contributed by atoms with Crippen LogP contribution in [0.15, 0.2) is 48.5 Å². The van der Waals surface area contributed by atoms with E-state index in [0.29, 0.717) is 50.8 Å². The van der Waals surface area contributed by atoms with Gasteiger partial charge in [0, 0.05) is 39.0 Å². The zero-order valence-electron chi connectivity index (χ0n) is 15.4. The van der Waals surface area contributed by atoms with Crippen molar-refractivity contribution in [2.45, 2.75) is 0 Å². The summed E-state index contributed by atoms with van der Waals surface area (Å²) in [6, 6.07) is 13.6. The molecule has 1 heterocycles. The Morgan fingerprint density at radius 3 is 2.44 bits per heavy atom. The van der Waals surface area contributed by atoms with Gasteiger partial charge in [-0.2, -0.15) is 0 Å². The summed E-state index contributed by atoms with van der Waals surface area (Å²) in [5.41, 5.74) is 1.60. The summed E-state index contributed by atoms with van der Waals surface area (Å²) in [6.45, 7) is 3.48. The number of halogens is 1. The Bertz CT molecular complexity index is 746. The minimum Gasteiger partial charge on any atom is -0.489 e. The zero-order valence-corrected chi connectivity index (χ0v) is 15.4. The fourth-order valence-electron chi connectivity index (χ4n) is 2.94. The van der Waals surface area contributed by atoms with Gasteiger partial charge in [-0.1, -0.05) is 12.1 Å². The van der Waals surface area contributed by atoms with Gasteiger partial charge in [0.1, 0.15) is 18.2 Å². The number of benzene rings is 2. The molecule has 0 saturated carbocycles. The van der Waals surface area contributed by atoms with Gasteiger partial charge in [-0.05, 0) is 36.4 Å².